The van der Waals surface area contributed by atoms with Gasteiger partial charge in [0.1, 0.15) is 23.9 Å². The topological polar surface area (TPSA) is 119 Å². The molecule has 2 aromatic carbocycles. The van der Waals surface area contributed by atoms with E-state index in [1.54, 1.807) is 30.3 Å². The van der Waals surface area contributed by atoms with Crippen molar-refractivity contribution in [1.29, 1.82) is 0 Å². The number of phenolic OH excluding ortho intramolecular Hbond substituents is 1. The highest BCUT2D eigenvalue weighted by atomic mass is 35.5. The first-order chi connectivity index (χ1) is 17.5. The number of aliphatic hydroxyl groups is 1. The van der Waals surface area contributed by atoms with Gasteiger partial charge in [-0.3, -0.25) is 14.4 Å². The normalized spacial score (nSPS) is 16.9. The van der Waals surface area contributed by atoms with Crippen molar-refractivity contribution in [3.63, 3.8) is 0 Å². The van der Waals surface area contributed by atoms with Crippen LogP contribution in [0.5, 0.6) is 5.75 Å². The van der Waals surface area contributed by atoms with Crippen LogP contribution in [0.15, 0.2) is 42.5 Å². The van der Waals surface area contributed by atoms with E-state index in [1.807, 2.05) is 13.8 Å². The van der Waals surface area contributed by atoms with Gasteiger partial charge in [-0.15, -0.1) is 0 Å². The lowest BCUT2D eigenvalue weighted by Gasteiger charge is -2.30. The minimum absolute atomic E-state index is 0.0372. The number of carbonyl (C=O) groups is 3. The minimum atomic E-state index is -1.37. The second kappa shape index (κ2) is 13.1. The molecule has 0 saturated carbocycles. The maximum atomic E-state index is 13.5. The maximum Gasteiger partial charge on any atom is 0.249 e. The molecule has 1 fully saturated rings. The van der Waals surface area contributed by atoms with E-state index >= 15 is 0 Å². The van der Waals surface area contributed by atoms with Crippen LogP contribution < -0.4 is 10.6 Å². The van der Waals surface area contributed by atoms with E-state index in [9.17, 15) is 24.6 Å². The second-order valence-corrected chi connectivity index (χ2v) is 10.6. The first kappa shape index (κ1) is 28.8. The molecule has 1 aliphatic heterocycles. The van der Waals surface area contributed by atoms with Crippen LogP contribution >= 0.6 is 23.2 Å². The van der Waals surface area contributed by atoms with E-state index < -0.39 is 24.1 Å². The van der Waals surface area contributed by atoms with E-state index in [0.717, 1.165) is 0 Å². The Bertz CT molecular complexity index is 1110. The largest absolute Gasteiger partial charge is 0.508 e. The number of likely N-dealkylation sites (tertiary alicyclic amines) is 1. The van der Waals surface area contributed by atoms with Gasteiger partial charge in [-0.2, -0.15) is 0 Å². The summed E-state index contributed by atoms with van der Waals surface area (Å²) in [7, 11) is 0. The number of amides is 3. The second-order valence-electron chi connectivity index (χ2n) is 9.72. The zero-order chi connectivity index (χ0) is 27.1. The fourth-order valence-electron chi connectivity index (χ4n) is 4.39. The number of hydrogen-bond acceptors (Lipinski definition) is 5. The summed E-state index contributed by atoms with van der Waals surface area (Å²) >= 11 is 12.2. The molecule has 1 heterocycles. The van der Waals surface area contributed by atoms with Gasteiger partial charge in [0.2, 0.25) is 17.7 Å². The smallest absolute Gasteiger partial charge is 0.249 e. The highest BCUT2D eigenvalue weighted by Gasteiger charge is 2.38. The summed E-state index contributed by atoms with van der Waals surface area (Å²) < 4.78 is 0. The first-order valence-electron chi connectivity index (χ1n) is 12.3. The van der Waals surface area contributed by atoms with Crippen molar-refractivity contribution in [3.05, 3.63) is 63.6 Å². The molecule has 0 bridgehead atoms. The number of carbonyl (C=O) groups excluding carboxylic acids is 3. The SMILES string of the molecule is CC(C)C[C@@H](NC(=O)[C@H](O)Cc1ccc(O)cc1)C(=O)N1CCC[C@H]1C(=O)NCc1cc(Cl)ccc1Cl. The third kappa shape index (κ3) is 8.09. The van der Waals surface area contributed by atoms with Gasteiger partial charge in [0.15, 0.2) is 0 Å². The van der Waals surface area contributed by atoms with Crippen LogP contribution in [0.4, 0.5) is 0 Å². The third-order valence-corrected chi connectivity index (χ3v) is 6.89. The van der Waals surface area contributed by atoms with Crippen molar-refractivity contribution in [1.82, 2.24) is 15.5 Å². The number of aromatic hydroxyl groups is 1. The quantitative estimate of drug-likeness (QED) is 0.362. The molecule has 3 atom stereocenters. The molecule has 3 rings (SSSR count). The van der Waals surface area contributed by atoms with E-state index in [0.29, 0.717) is 47.0 Å². The van der Waals surface area contributed by atoms with E-state index in [-0.39, 0.29) is 36.4 Å². The van der Waals surface area contributed by atoms with Crippen LogP contribution in [-0.2, 0) is 27.3 Å². The monoisotopic (exact) mass is 549 g/mol. The maximum absolute atomic E-state index is 13.5. The lowest BCUT2D eigenvalue weighted by Crippen LogP contribution is -2.55. The number of hydrogen-bond donors (Lipinski definition) is 4. The molecule has 1 aliphatic rings. The fraction of sp³-hybridized carbons (Fsp3) is 0.444. The highest BCUT2D eigenvalue weighted by molar-refractivity contribution is 6.33. The van der Waals surface area contributed by atoms with Crippen molar-refractivity contribution < 1.29 is 24.6 Å². The molecule has 0 aromatic heterocycles. The summed E-state index contributed by atoms with van der Waals surface area (Å²) in [5.74, 6) is -1.14. The van der Waals surface area contributed by atoms with Gasteiger partial charge in [-0.1, -0.05) is 49.2 Å². The number of benzene rings is 2. The van der Waals surface area contributed by atoms with Crippen molar-refractivity contribution in [2.45, 2.75) is 64.3 Å². The molecule has 10 heteroatoms. The summed E-state index contributed by atoms with van der Waals surface area (Å²) in [5.41, 5.74) is 1.34. The molecule has 0 spiro atoms. The molecule has 0 unspecified atom stereocenters. The zero-order valence-electron chi connectivity index (χ0n) is 20.9. The van der Waals surface area contributed by atoms with Gasteiger partial charge in [0.25, 0.3) is 0 Å². The van der Waals surface area contributed by atoms with Crippen molar-refractivity contribution in [3.8, 4) is 5.75 Å². The number of nitrogens with one attached hydrogen (secondary N) is 2. The zero-order valence-corrected chi connectivity index (χ0v) is 22.4. The number of phenols is 1. The summed E-state index contributed by atoms with van der Waals surface area (Å²) in [4.78, 5) is 40.8. The Balaban J connectivity index is 1.65. The standard InChI is InChI=1S/C27H33Cl2N3O5/c1-16(2)12-22(31-26(36)24(34)13-17-5-8-20(33)9-6-17)27(37)32-11-3-4-23(32)25(35)30-15-18-14-19(28)7-10-21(18)29/h5-10,14,16,22-24,33-34H,3-4,11-13,15H2,1-2H3,(H,30,35)(H,31,36)/t22-,23+,24-/m1/s1. The fourth-order valence-corrected chi connectivity index (χ4v) is 4.77. The Kier molecular flexibility index (Phi) is 10.2. The Morgan fingerprint density at radius 1 is 1.11 bits per heavy atom. The summed E-state index contributed by atoms with van der Waals surface area (Å²) in [6.45, 7) is 4.44. The average Bonchev–Trinajstić information content (AvgIpc) is 3.34. The molecule has 0 aliphatic carbocycles. The molecule has 0 radical (unpaired) electrons. The molecule has 1 saturated heterocycles. The van der Waals surface area contributed by atoms with Crippen LogP contribution in [0.2, 0.25) is 10.0 Å². The van der Waals surface area contributed by atoms with E-state index in [1.165, 1.54) is 17.0 Å². The van der Waals surface area contributed by atoms with Gasteiger partial charge in [-0.05, 0) is 66.6 Å². The molecule has 200 valence electrons. The predicted octanol–water partition coefficient (Wildman–Crippen LogP) is 3.44. The Labute approximate surface area is 226 Å². The van der Waals surface area contributed by atoms with Crippen molar-refractivity contribution in [2.24, 2.45) is 5.92 Å². The summed E-state index contributed by atoms with van der Waals surface area (Å²) in [6.07, 6.45) is 0.196. The number of nitrogens with zero attached hydrogens (tertiary/aromatic N) is 1. The average molecular weight is 550 g/mol. The molecule has 4 N–H and O–H groups in total. The number of halogens is 2. The first-order valence-corrected chi connectivity index (χ1v) is 13.1. The lowest BCUT2D eigenvalue weighted by molar-refractivity contribution is -0.143. The van der Waals surface area contributed by atoms with Crippen LogP contribution in [0.25, 0.3) is 0 Å². The van der Waals surface area contributed by atoms with Crippen LogP contribution in [0.3, 0.4) is 0 Å². The van der Waals surface area contributed by atoms with Gasteiger partial charge < -0.3 is 25.7 Å². The van der Waals surface area contributed by atoms with Gasteiger partial charge >= 0.3 is 0 Å². The number of rotatable bonds is 10. The van der Waals surface area contributed by atoms with Crippen LogP contribution in [-0.4, -0.2) is 57.6 Å². The van der Waals surface area contributed by atoms with E-state index in [2.05, 4.69) is 10.6 Å². The van der Waals surface area contributed by atoms with Gasteiger partial charge in [0.05, 0.1) is 0 Å². The molecule has 8 nitrogen and oxygen atoms in total. The van der Waals surface area contributed by atoms with Gasteiger partial charge in [0, 0.05) is 29.6 Å². The van der Waals surface area contributed by atoms with Crippen molar-refractivity contribution >= 4 is 40.9 Å². The highest BCUT2D eigenvalue weighted by Crippen LogP contribution is 2.23. The number of aliphatic hydroxyl groups excluding tert-OH is 1. The Hall–Kier alpha value is -2.81. The summed E-state index contributed by atoms with van der Waals surface area (Å²) in [5, 5.41) is 26.4. The third-order valence-electron chi connectivity index (χ3n) is 6.29. The Morgan fingerprint density at radius 2 is 1.81 bits per heavy atom. The molecule has 2 aromatic rings. The molecule has 3 amide bonds. The Morgan fingerprint density at radius 3 is 2.49 bits per heavy atom. The summed E-state index contributed by atoms with van der Waals surface area (Å²) in [6, 6.07) is 9.65. The minimum Gasteiger partial charge on any atom is -0.508 e. The van der Waals surface area contributed by atoms with Gasteiger partial charge in [-0.25, -0.2) is 0 Å². The predicted molar refractivity (Wildman–Crippen MR) is 142 cm³/mol. The lowest BCUT2D eigenvalue weighted by atomic mass is 10.0. The van der Waals surface area contributed by atoms with Crippen molar-refractivity contribution in [2.75, 3.05) is 6.54 Å². The molecular weight excluding hydrogens is 517 g/mol. The van der Waals surface area contributed by atoms with Crippen LogP contribution in [0.1, 0.15) is 44.2 Å². The van der Waals surface area contributed by atoms with Crippen LogP contribution in [0, 0.1) is 5.92 Å². The van der Waals surface area contributed by atoms with E-state index in [4.69, 9.17) is 23.2 Å². The molecular formula is C27H33Cl2N3O5. The molecule has 37 heavy (non-hydrogen) atoms.